The average Bonchev–Trinajstić information content (AvgIpc) is 2.51. The lowest BCUT2D eigenvalue weighted by molar-refractivity contribution is -0.117. The van der Waals surface area contributed by atoms with Crippen molar-refractivity contribution < 1.29 is 4.79 Å². The summed E-state index contributed by atoms with van der Waals surface area (Å²) in [6.07, 6.45) is 0.433. The lowest BCUT2D eigenvalue weighted by atomic mass is 10.1. The molecule has 0 bridgehead atoms. The molecule has 2 aromatic rings. The summed E-state index contributed by atoms with van der Waals surface area (Å²) in [6.45, 7) is 6.93. The predicted molar refractivity (Wildman–Crippen MR) is 102 cm³/mol. The van der Waals surface area contributed by atoms with E-state index in [0.717, 1.165) is 21.2 Å². The van der Waals surface area contributed by atoms with Crippen LogP contribution in [0.3, 0.4) is 0 Å². The molecule has 1 heterocycles. The molecule has 0 saturated carbocycles. The zero-order valence-corrected chi connectivity index (χ0v) is 15.7. The molecule has 1 aliphatic rings. The number of nitrogens with one attached hydrogen (secondary N) is 1. The number of hydrogen-bond donors (Lipinski definition) is 1. The Morgan fingerprint density at radius 2 is 1.83 bits per heavy atom. The number of amides is 1. The van der Waals surface area contributed by atoms with Gasteiger partial charge in [-0.1, -0.05) is 35.5 Å². The lowest BCUT2D eigenvalue weighted by Gasteiger charge is -2.31. The van der Waals surface area contributed by atoms with E-state index in [1.807, 2.05) is 42.5 Å². The fraction of sp³-hybridized carbons (Fsp3) is 0.316. The Kier molecular flexibility index (Phi) is 4.90. The minimum absolute atomic E-state index is 0.00282. The minimum Gasteiger partial charge on any atom is -0.312 e. The topological polar surface area (TPSA) is 32.3 Å². The van der Waals surface area contributed by atoms with Crippen LogP contribution in [0.15, 0.2) is 52.3 Å². The van der Waals surface area contributed by atoms with Gasteiger partial charge in [-0.25, -0.2) is 0 Å². The number of carbonyl (C=O) groups is 1. The molecule has 5 heteroatoms. The van der Waals surface area contributed by atoms with Crippen LogP contribution in [-0.4, -0.2) is 18.0 Å². The Labute approximate surface area is 152 Å². The molecular weight excluding hydrogens is 340 g/mol. The number of para-hydroxylation sites is 1. The van der Waals surface area contributed by atoms with Crippen molar-refractivity contribution in [3.8, 4) is 0 Å². The van der Waals surface area contributed by atoms with Crippen LogP contribution < -0.4 is 10.2 Å². The lowest BCUT2D eigenvalue weighted by Crippen LogP contribution is -2.39. The Balaban J connectivity index is 1.91. The molecule has 0 unspecified atom stereocenters. The van der Waals surface area contributed by atoms with Crippen molar-refractivity contribution in [3.05, 3.63) is 47.5 Å². The molecule has 1 aliphatic heterocycles. The van der Waals surface area contributed by atoms with Crippen molar-refractivity contribution in [2.75, 3.05) is 11.4 Å². The summed E-state index contributed by atoms with van der Waals surface area (Å²) in [7, 11) is 0. The average molecular weight is 361 g/mol. The number of benzene rings is 2. The quantitative estimate of drug-likeness (QED) is 0.811. The van der Waals surface area contributed by atoms with Crippen LogP contribution in [0.1, 0.15) is 27.2 Å². The zero-order chi connectivity index (χ0) is 17.3. The van der Waals surface area contributed by atoms with E-state index in [1.54, 1.807) is 16.7 Å². The molecular formula is C19H21ClN2OS. The summed E-state index contributed by atoms with van der Waals surface area (Å²) in [5, 5.41) is 4.01. The maximum absolute atomic E-state index is 13.0. The molecule has 0 saturated heterocycles. The Morgan fingerprint density at radius 1 is 1.12 bits per heavy atom. The fourth-order valence-corrected chi connectivity index (χ4v) is 3.86. The minimum atomic E-state index is -0.00282. The van der Waals surface area contributed by atoms with Gasteiger partial charge < -0.3 is 5.32 Å². The van der Waals surface area contributed by atoms with Crippen LogP contribution in [0.5, 0.6) is 0 Å². The van der Waals surface area contributed by atoms with Crippen LogP contribution in [0, 0.1) is 0 Å². The molecule has 3 nitrogen and oxygen atoms in total. The van der Waals surface area contributed by atoms with E-state index in [-0.39, 0.29) is 11.4 Å². The van der Waals surface area contributed by atoms with Gasteiger partial charge in [-0.3, -0.25) is 9.69 Å². The molecule has 0 spiro atoms. The number of anilines is 2. The molecule has 3 rings (SSSR count). The molecule has 0 aromatic heterocycles. The van der Waals surface area contributed by atoms with Crippen LogP contribution in [0.25, 0.3) is 0 Å². The third-order valence-corrected chi connectivity index (χ3v) is 5.10. The van der Waals surface area contributed by atoms with Crippen molar-refractivity contribution in [2.24, 2.45) is 0 Å². The summed E-state index contributed by atoms with van der Waals surface area (Å²) in [5.41, 5.74) is 1.79. The second-order valence-electron chi connectivity index (χ2n) is 6.84. The molecule has 0 radical (unpaired) electrons. The standard InChI is InChI=1S/C19H21ClN2OS/c1-19(2,3)21-11-10-18(23)22-14-6-4-5-7-16(14)24-17-9-8-13(20)12-15(17)22/h4-9,12,21H,10-11H2,1-3H3. The first-order chi connectivity index (χ1) is 11.3. The number of carbonyl (C=O) groups excluding carboxylic acids is 1. The van der Waals surface area contributed by atoms with Gasteiger partial charge in [0.25, 0.3) is 0 Å². The summed E-state index contributed by atoms with van der Waals surface area (Å²) in [6, 6.07) is 13.7. The highest BCUT2D eigenvalue weighted by molar-refractivity contribution is 7.99. The number of nitrogens with zero attached hydrogens (tertiary/aromatic N) is 1. The maximum Gasteiger partial charge on any atom is 0.232 e. The third-order valence-electron chi connectivity index (χ3n) is 3.73. The van der Waals surface area contributed by atoms with E-state index < -0.39 is 0 Å². The van der Waals surface area contributed by atoms with Crippen molar-refractivity contribution >= 4 is 40.6 Å². The van der Waals surface area contributed by atoms with Crippen molar-refractivity contribution in [1.29, 1.82) is 0 Å². The van der Waals surface area contributed by atoms with Gasteiger partial charge in [0.2, 0.25) is 5.91 Å². The van der Waals surface area contributed by atoms with Crippen molar-refractivity contribution in [3.63, 3.8) is 0 Å². The maximum atomic E-state index is 13.0. The summed E-state index contributed by atoms with van der Waals surface area (Å²) in [5.74, 6) is 0.0722. The second kappa shape index (κ2) is 6.79. The van der Waals surface area contributed by atoms with Gasteiger partial charge in [0.05, 0.1) is 11.4 Å². The van der Waals surface area contributed by atoms with E-state index >= 15 is 0 Å². The van der Waals surface area contributed by atoms with E-state index in [0.29, 0.717) is 18.0 Å². The first kappa shape index (κ1) is 17.3. The van der Waals surface area contributed by atoms with Gasteiger partial charge in [0.1, 0.15) is 0 Å². The predicted octanol–water partition coefficient (Wildman–Crippen LogP) is 5.25. The number of halogens is 1. The van der Waals surface area contributed by atoms with E-state index in [1.165, 1.54) is 0 Å². The smallest absolute Gasteiger partial charge is 0.232 e. The Morgan fingerprint density at radius 3 is 2.58 bits per heavy atom. The van der Waals surface area contributed by atoms with E-state index in [2.05, 4.69) is 26.1 Å². The second-order valence-corrected chi connectivity index (χ2v) is 8.36. The van der Waals surface area contributed by atoms with Crippen molar-refractivity contribution in [1.82, 2.24) is 5.32 Å². The van der Waals surface area contributed by atoms with Gasteiger partial charge in [-0.15, -0.1) is 0 Å². The summed E-state index contributed by atoms with van der Waals surface area (Å²) in [4.78, 5) is 16.9. The number of hydrogen-bond acceptors (Lipinski definition) is 3. The summed E-state index contributed by atoms with van der Waals surface area (Å²) < 4.78 is 0. The first-order valence-electron chi connectivity index (χ1n) is 7.99. The molecule has 2 aromatic carbocycles. The Bertz CT molecular complexity index is 770. The Hall–Kier alpha value is -1.49. The van der Waals surface area contributed by atoms with Gasteiger partial charge in [0, 0.05) is 33.3 Å². The third kappa shape index (κ3) is 3.77. The molecule has 1 amide bonds. The SMILES string of the molecule is CC(C)(C)NCCC(=O)N1c2ccccc2Sc2ccc(Cl)cc21. The molecule has 24 heavy (non-hydrogen) atoms. The highest BCUT2D eigenvalue weighted by Gasteiger charge is 2.28. The van der Waals surface area contributed by atoms with Crippen LogP contribution in [0.2, 0.25) is 5.02 Å². The summed E-state index contributed by atoms with van der Waals surface area (Å²) >= 11 is 7.85. The molecule has 0 aliphatic carbocycles. The number of fused-ring (bicyclic) bond motifs is 2. The van der Waals surface area contributed by atoms with Gasteiger partial charge >= 0.3 is 0 Å². The van der Waals surface area contributed by atoms with E-state index in [4.69, 9.17) is 11.6 Å². The monoisotopic (exact) mass is 360 g/mol. The molecule has 0 atom stereocenters. The van der Waals surface area contributed by atoms with Gasteiger partial charge in [0.15, 0.2) is 0 Å². The van der Waals surface area contributed by atoms with Crippen LogP contribution >= 0.6 is 23.4 Å². The molecule has 1 N–H and O–H groups in total. The fourth-order valence-electron chi connectivity index (χ4n) is 2.65. The first-order valence-corrected chi connectivity index (χ1v) is 9.19. The van der Waals surface area contributed by atoms with Gasteiger partial charge in [-0.2, -0.15) is 0 Å². The van der Waals surface area contributed by atoms with Crippen LogP contribution in [-0.2, 0) is 4.79 Å². The van der Waals surface area contributed by atoms with Gasteiger partial charge in [-0.05, 0) is 51.1 Å². The number of rotatable bonds is 3. The molecule has 126 valence electrons. The highest BCUT2D eigenvalue weighted by atomic mass is 35.5. The zero-order valence-electron chi connectivity index (χ0n) is 14.1. The highest BCUT2D eigenvalue weighted by Crippen LogP contribution is 2.48. The van der Waals surface area contributed by atoms with Crippen LogP contribution in [0.4, 0.5) is 11.4 Å². The van der Waals surface area contributed by atoms with E-state index in [9.17, 15) is 4.79 Å². The normalized spacial score (nSPS) is 13.4. The molecule has 0 fully saturated rings. The van der Waals surface area contributed by atoms with Crippen molar-refractivity contribution in [2.45, 2.75) is 42.5 Å². The largest absolute Gasteiger partial charge is 0.312 e.